The maximum atomic E-state index is 12.6. The molecule has 2 aromatic rings. The molecule has 0 radical (unpaired) electrons. The third kappa shape index (κ3) is 4.66. The van der Waals surface area contributed by atoms with Crippen LogP contribution >= 0.6 is 12.1 Å². The van der Waals surface area contributed by atoms with Gasteiger partial charge in [0, 0.05) is 17.8 Å². The fourth-order valence-electron chi connectivity index (χ4n) is 2.62. The third-order valence-corrected chi connectivity index (χ3v) is 4.51. The van der Waals surface area contributed by atoms with Crippen molar-refractivity contribution in [1.82, 2.24) is 10.3 Å². The van der Waals surface area contributed by atoms with Gasteiger partial charge in [0.15, 0.2) is 0 Å². The number of benzene rings is 1. The van der Waals surface area contributed by atoms with Crippen molar-refractivity contribution in [2.24, 2.45) is 10.1 Å². The molecule has 148 valence electrons. The van der Waals surface area contributed by atoms with Crippen molar-refractivity contribution in [3.8, 4) is 11.6 Å². The first-order valence-corrected chi connectivity index (χ1v) is 9.60. The lowest BCUT2D eigenvalue weighted by Gasteiger charge is -2.27. The van der Waals surface area contributed by atoms with Gasteiger partial charge < -0.3 is 25.2 Å². The molecule has 0 aliphatic carbocycles. The molecular weight excluding hydrogens is 378 g/mol. The Bertz CT molecular complexity index is 901. The number of hydrogen-bond acceptors (Lipinski definition) is 8. The Kier molecular flexibility index (Phi) is 5.93. The SMILES string of the molecule is CCOc1cc(C(=O)NC(C)(C)COc2cccc3c2C(N)=NSN3)ccn1. The van der Waals surface area contributed by atoms with Gasteiger partial charge in [-0.2, -0.15) is 4.40 Å². The number of carbonyl (C=O) groups excluding carboxylic acids is 1. The molecule has 1 aliphatic heterocycles. The Morgan fingerprint density at radius 3 is 2.93 bits per heavy atom. The van der Waals surface area contributed by atoms with Crippen molar-refractivity contribution in [3.63, 3.8) is 0 Å². The van der Waals surface area contributed by atoms with Gasteiger partial charge in [-0.3, -0.25) is 4.79 Å². The molecule has 0 fully saturated rings. The van der Waals surface area contributed by atoms with Gasteiger partial charge in [0.25, 0.3) is 5.91 Å². The Labute approximate surface area is 168 Å². The van der Waals surface area contributed by atoms with E-state index >= 15 is 0 Å². The van der Waals surface area contributed by atoms with Gasteiger partial charge in [0.05, 0.1) is 35.5 Å². The number of hydrogen-bond donors (Lipinski definition) is 3. The number of anilines is 1. The fraction of sp³-hybridized carbons (Fsp3) is 0.316. The van der Waals surface area contributed by atoms with E-state index in [-0.39, 0.29) is 12.5 Å². The number of fused-ring (bicyclic) bond motifs is 1. The molecule has 0 spiro atoms. The second-order valence-corrected chi connectivity index (χ2v) is 7.36. The topological polar surface area (TPSA) is 111 Å². The molecule has 1 amide bonds. The molecule has 4 N–H and O–H groups in total. The number of aromatic nitrogens is 1. The number of amidine groups is 1. The summed E-state index contributed by atoms with van der Waals surface area (Å²) in [4.78, 5) is 16.7. The van der Waals surface area contributed by atoms with Crippen LogP contribution in [0.2, 0.25) is 0 Å². The Balaban J connectivity index is 1.67. The molecule has 1 aliphatic rings. The first-order valence-electron chi connectivity index (χ1n) is 8.82. The fourth-order valence-corrected chi connectivity index (χ4v) is 3.12. The van der Waals surface area contributed by atoms with Crippen LogP contribution in [0, 0.1) is 0 Å². The molecule has 2 heterocycles. The van der Waals surface area contributed by atoms with E-state index in [1.165, 1.54) is 12.1 Å². The summed E-state index contributed by atoms with van der Waals surface area (Å²) in [7, 11) is 0. The summed E-state index contributed by atoms with van der Waals surface area (Å²) in [6.45, 7) is 6.37. The van der Waals surface area contributed by atoms with E-state index < -0.39 is 5.54 Å². The van der Waals surface area contributed by atoms with Crippen LogP contribution in [-0.4, -0.2) is 35.5 Å². The molecule has 28 heavy (non-hydrogen) atoms. The zero-order valence-corrected chi connectivity index (χ0v) is 16.8. The molecule has 8 nitrogen and oxygen atoms in total. The predicted octanol–water partition coefficient (Wildman–Crippen LogP) is 2.76. The van der Waals surface area contributed by atoms with Crippen LogP contribution in [0.3, 0.4) is 0 Å². The van der Waals surface area contributed by atoms with E-state index in [2.05, 4.69) is 19.4 Å². The van der Waals surface area contributed by atoms with Crippen LogP contribution in [-0.2, 0) is 0 Å². The van der Waals surface area contributed by atoms with Crippen molar-refractivity contribution in [2.75, 3.05) is 17.9 Å². The monoisotopic (exact) mass is 401 g/mol. The van der Waals surface area contributed by atoms with Crippen LogP contribution in [0.1, 0.15) is 36.7 Å². The van der Waals surface area contributed by atoms with Gasteiger partial charge >= 0.3 is 0 Å². The maximum Gasteiger partial charge on any atom is 0.252 e. The lowest BCUT2D eigenvalue weighted by molar-refractivity contribution is 0.0880. The number of nitrogens with one attached hydrogen (secondary N) is 2. The van der Waals surface area contributed by atoms with E-state index in [1.54, 1.807) is 18.3 Å². The van der Waals surface area contributed by atoms with Crippen LogP contribution < -0.4 is 25.2 Å². The van der Waals surface area contributed by atoms with Crippen molar-refractivity contribution < 1.29 is 14.3 Å². The number of amides is 1. The van der Waals surface area contributed by atoms with Gasteiger partial charge in [0.2, 0.25) is 5.88 Å². The lowest BCUT2D eigenvalue weighted by Crippen LogP contribution is -2.48. The van der Waals surface area contributed by atoms with E-state index in [4.69, 9.17) is 15.2 Å². The molecule has 0 saturated carbocycles. The quantitative estimate of drug-likeness (QED) is 0.612. The van der Waals surface area contributed by atoms with Gasteiger partial charge in [-0.05, 0) is 39.0 Å². The van der Waals surface area contributed by atoms with Crippen LogP contribution in [0.15, 0.2) is 40.9 Å². The Morgan fingerprint density at radius 2 is 2.14 bits per heavy atom. The largest absolute Gasteiger partial charge is 0.490 e. The molecule has 1 aromatic carbocycles. The number of rotatable bonds is 7. The lowest BCUT2D eigenvalue weighted by atomic mass is 10.1. The highest BCUT2D eigenvalue weighted by Crippen LogP contribution is 2.32. The molecule has 0 saturated heterocycles. The summed E-state index contributed by atoms with van der Waals surface area (Å²) in [5, 5.41) is 2.97. The summed E-state index contributed by atoms with van der Waals surface area (Å²) >= 11 is 1.17. The summed E-state index contributed by atoms with van der Waals surface area (Å²) in [5.74, 6) is 1.19. The highest BCUT2D eigenvalue weighted by molar-refractivity contribution is 7.99. The van der Waals surface area contributed by atoms with Crippen molar-refractivity contribution in [2.45, 2.75) is 26.3 Å². The van der Waals surface area contributed by atoms with Gasteiger partial charge in [-0.1, -0.05) is 6.07 Å². The molecule has 0 unspecified atom stereocenters. The van der Waals surface area contributed by atoms with E-state index in [0.717, 1.165) is 11.3 Å². The van der Waals surface area contributed by atoms with Gasteiger partial charge in [-0.15, -0.1) is 0 Å². The molecule has 9 heteroatoms. The molecular formula is C19H23N5O3S. The smallest absolute Gasteiger partial charge is 0.252 e. The maximum absolute atomic E-state index is 12.6. The minimum Gasteiger partial charge on any atom is -0.490 e. The van der Waals surface area contributed by atoms with Gasteiger partial charge in [-0.25, -0.2) is 4.98 Å². The van der Waals surface area contributed by atoms with Crippen LogP contribution in [0.25, 0.3) is 0 Å². The normalized spacial score (nSPS) is 13.0. The average Bonchev–Trinajstić information content (AvgIpc) is 2.67. The zero-order valence-electron chi connectivity index (χ0n) is 16.0. The van der Waals surface area contributed by atoms with Crippen molar-refractivity contribution in [1.29, 1.82) is 0 Å². The number of ether oxygens (including phenoxy) is 2. The van der Waals surface area contributed by atoms with Crippen molar-refractivity contribution in [3.05, 3.63) is 47.7 Å². The zero-order chi connectivity index (χ0) is 20.1. The molecule has 0 atom stereocenters. The number of nitrogens with two attached hydrogens (primary N) is 1. The average molecular weight is 401 g/mol. The molecule has 0 bridgehead atoms. The van der Waals surface area contributed by atoms with E-state index in [1.807, 2.05) is 39.0 Å². The van der Waals surface area contributed by atoms with Crippen molar-refractivity contribution >= 4 is 29.6 Å². The van der Waals surface area contributed by atoms with Crippen LogP contribution in [0.4, 0.5) is 5.69 Å². The second kappa shape index (κ2) is 8.39. The number of carbonyl (C=O) groups is 1. The highest BCUT2D eigenvalue weighted by Gasteiger charge is 2.24. The first-order chi connectivity index (χ1) is 13.4. The number of nitrogens with zero attached hydrogens (tertiary/aromatic N) is 2. The minimum atomic E-state index is -0.627. The number of pyridine rings is 1. The van der Waals surface area contributed by atoms with E-state index in [0.29, 0.717) is 29.6 Å². The molecule has 1 aromatic heterocycles. The van der Waals surface area contributed by atoms with Crippen LogP contribution in [0.5, 0.6) is 11.6 Å². The Morgan fingerprint density at radius 1 is 1.32 bits per heavy atom. The Hall–Kier alpha value is -2.94. The first kappa shape index (κ1) is 19.8. The minimum absolute atomic E-state index is 0.230. The van der Waals surface area contributed by atoms with Gasteiger partial charge in [0.1, 0.15) is 18.2 Å². The summed E-state index contributed by atoms with van der Waals surface area (Å²) in [6.07, 6.45) is 1.55. The highest BCUT2D eigenvalue weighted by atomic mass is 32.2. The van der Waals surface area contributed by atoms with E-state index in [9.17, 15) is 4.79 Å². The standard InChI is InChI=1S/C19H23N5O3S/c1-4-26-15-10-12(8-9-21-15)18(25)22-19(2,3)11-27-14-7-5-6-13-16(14)17(20)24-28-23-13/h5-10,23H,4,11H2,1-3H3,(H2,20,24)(H,22,25). The summed E-state index contributed by atoms with van der Waals surface area (Å²) in [6, 6.07) is 8.86. The predicted molar refractivity (Wildman–Crippen MR) is 111 cm³/mol. The molecule has 3 rings (SSSR count). The second-order valence-electron chi connectivity index (χ2n) is 6.79. The summed E-state index contributed by atoms with van der Waals surface area (Å²) < 4.78 is 18.5. The third-order valence-electron chi connectivity index (χ3n) is 3.91. The summed E-state index contributed by atoms with van der Waals surface area (Å²) in [5.41, 5.74) is 7.42.